The van der Waals surface area contributed by atoms with Crippen molar-refractivity contribution in [2.75, 3.05) is 6.61 Å². The Morgan fingerprint density at radius 2 is 2.04 bits per heavy atom. The summed E-state index contributed by atoms with van der Waals surface area (Å²) in [5, 5.41) is 0. The van der Waals surface area contributed by atoms with Crippen molar-refractivity contribution in [1.82, 2.24) is 0 Å². The molecule has 3 aliphatic carbocycles. The van der Waals surface area contributed by atoms with Crippen molar-refractivity contribution in [2.24, 2.45) is 29.6 Å². The molecule has 8 heteroatoms. The number of hydrogen-bond acceptors (Lipinski definition) is 6. The normalized spacial score (nSPS) is 40.1. The number of ether oxygens (including phenoxy) is 3. The van der Waals surface area contributed by atoms with Crippen LogP contribution in [0.15, 0.2) is 12.2 Å². The Bertz CT molecular complexity index is 692. The summed E-state index contributed by atoms with van der Waals surface area (Å²) in [5.74, 6) is -3.94. The summed E-state index contributed by atoms with van der Waals surface area (Å²) >= 11 is 0. The molecule has 1 saturated heterocycles. The highest BCUT2D eigenvalue weighted by molar-refractivity contribution is 5.86. The standard InChI is InChI=1S/C20H24F2O6/c1-9(21)13(22)8-26-19(24)14-11-7-12-15(14)20(25)28-17(12)16(11)27-18(23)10-5-3-2-4-6-10/h2-3,9-17H,4-8H2,1H3. The molecule has 1 heterocycles. The fourth-order valence-electron chi connectivity index (χ4n) is 5.10. The van der Waals surface area contributed by atoms with Gasteiger partial charge in [0.15, 0.2) is 6.17 Å². The molecule has 0 N–H and O–H groups in total. The van der Waals surface area contributed by atoms with Crippen molar-refractivity contribution in [3.8, 4) is 0 Å². The van der Waals surface area contributed by atoms with E-state index in [1.165, 1.54) is 0 Å². The van der Waals surface area contributed by atoms with E-state index in [1.807, 2.05) is 12.2 Å². The van der Waals surface area contributed by atoms with Crippen molar-refractivity contribution in [1.29, 1.82) is 0 Å². The van der Waals surface area contributed by atoms with Crippen LogP contribution in [0.3, 0.4) is 0 Å². The molecule has 28 heavy (non-hydrogen) atoms. The molecule has 0 aromatic carbocycles. The molecule has 0 radical (unpaired) electrons. The van der Waals surface area contributed by atoms with Gasteiger partial charge >= 0.3 is 17.9 Å². The Hall–Kier alpha value is -1.99. The Morgan fingerprint density at radius 3 is 2.71 bits per heavy atom. The average Bonchev–Trinajstić information content (AvgIpc) is 3.30. The van der Waals surface area contributed by atoms with Gasteiger partial charge in [0.2, 0.25) is 0 Å². The summed E-state index contributed by atoms with van der Waals surface area (Å²) in [4.78, 5) is 37.4. The van der Waals surface area contributed by atoms with Gasteiger partial charge in [-0.1, -0.05) is 12.2 Å². The summed E-state index contributed by atoms with van der Waals surface area (Å²) in [5.41, 5.74) is 0. The number of rotatable bonds is 6. The van der Waals surface area contributed by atoms with Gasteiger partial charge in [-0.2, -0.15) is 0 Å². The molecule has 1 aliphatic heterocycles. The molecule has 0 aromatic rings. The van der Waals surface area contributed by atoms with Gasteiger partial charge in [0.1, 0.15) is 25.0 Å². The second kappa shape index (κ2) is 7.44. The topological polar surface area (TPSA) is 78.9 Å². The van der Waals surface area contributed by atoms with Crippen LogP contribution >= 0.6 is 0 Å². The van der Waals surface area contributed by atoms with Crippen LogP contribution in [-0.4, -0.2) is 49.1 Å². The van der Waals surface area contributed by atoms with Crippen LogP contribution in [0.1, 0.15) is 32.6 Å². The van der Waals surface area contributed by atoms with Crippen LogP contribution in [0.2, 0.25) is 0 Å². The lowest BCUT2D eigenvalue weighted by molar-refractivity contribution is -0.170. The zero-order valence-electron chi connectivity index (χ0n) is 15.6. The molecule has 9 atom stereocenters. The molecule has 0 spiro atoms. The van der Waals surface area contributed by atoms with Crippen LogP contribution < -0.4 is 0 Å². The number of halogens is 2. The molecule has 2 saturated carbocycles. The smallest absolute Gasteiger partial charge is 0.310 e. The van der Waals surface area contributed by atoms with Crippen molar-refractivity contribution >= 4 is 17.9 Å². The molecule has 154 valence electrons. The zero-order valence-corrected chi connectivity index (χ0v) is 15.6. The lowest BCUT2D eigenvalue weighted by atomic mass is 9.78. The molecule has 0 amide bonds. The van der Waals surface area contributed by atoms with Crippen molar-refractivity contribution in [2.45, 2.75) is 57.2 Å². The highest BCUT2D eigenvalue weighted by Crippen LogP contribution is 2.59. The molecule has 9 unspecified atom stereocenters. The van der Waals surface area contributed by atoms with Gasteiger partial charge in [0, 0.05) is 11.8 Å². The van der Waals surface area contributed by atoms with Crippen LogP contribution in [0.25, 0.3) is 0 Å². The Balaban J connectivity index is 1.45. The van der Waals surface area contributed by atoms with E-state index >= 15 is 0 Å². The van der Waals surface area contributed by atoms with E-state index in [0.717, 1.165) is 13.3 Å². The zero-order chi connectivity index (χ0) is 20.0. The van der Waals surface area contributed by atoms with Gasteiger partial charge in [-0.15, -0.1) is 0 Å². The Morgan fingerprint density at radius 1 is 1.25 bits per heavy atom. The van der Waals surface area contributed by atoms with Crippen LogP contribution in [-0.2, 0) is 28.6 Å². The minimum atomic E-state index is -1.92. The first-order valence-corrected chi connectivity index (χ1v) is 9.89. The quantitative estimate of drug-likeness (QED) is 0.388. The number of hydrogen-bond donors (Lipinski definition) is 0. The minimum Gasteiger partial charge on any atom is -0.462 e. The maximum absolute atomic E-state index is 13.5. The van der Waals surface area contributed by atoms with E-state index in [-0.39, 0.29) is 17.8 Å². The van der Waals surface area contributed by atoms with Gasteiger partial charge in [0.25, 0.3) is 0 Å². The maximum Gasteiger partial charge on any atom is 0.310 e. The van der Waals surface area contributed by atoms with E-state index in [4.69, 9.17) is 14.2 Å². The average molecular weight is 398 g/mol. The molecule has 4 aliphatic rings. The van der Waals surface area contributed by atoms with E-state index in [1.54, 1.807) is 0 Å². The molecular weight excluding hydrogens is 374 g/mol. The summed E-state index contributed by atoms with van der Waals surface area (Å²) in [6.07, 6.45) is 1.70. The summed E-state index contributed by atoms with van der Waals surface area (Å²) in [7, 11) is 0. The first kappa shape index (κ1) is 19.3. The third-order valence-electron chi connectivity index (χ3n) is 6.56. The molecule has 3 fully saturated rings. The van der Waals surface area contributed by atoms with Crippen LogP contribution in [0.4, 0.5) is 8.78 Å². The predicted octanol–water partition coefficient (Wildman–Crippen LogP) is 2.30. The van der Waals surface area contributed by atoms with Gasteiger partial charge in [-0.05, 0) is 32.6 Å². The minimum absolute atomic E-state index is 0.208. The van der Waals surface area contributed by atoms with Crippen molar-refractivity contribution in [3.05, 3.63) is 12.2 Å². The maximum atomic E-state index is 13.5. The second-order valence-corrected chi connectivity index (χ2v) is 8.22. The summed E-state index contributed by atoms with van der Waals surface area (Å²) in [6, 6.07) is 0. The van der Waals surface area contributed by atoms with Gasteiger partial charge in [-0.25, -0.2) is 8.78 Å². The first-order chi connectivity index (χ1) is 13.4. The predicted molar refractivity (Wildman–Crippen MR) is 91.2 cm³/mol. The molecular formula is C20H24F2O6. The summed E-state index contributed by atoms with van der Waals surface area (Å²) in [6.45, 7) is 0.347. The Labute approximate surface area is 161 Å². The van der Waals surface area contributed by atoms with Crippen LogP contribution in [0, 0.1) is 29.6 Å². The van der Waals surface area contributed by atoms with E-state index < -0.39 is 60.9 Å². The number of allylic oxidation sites excluding steroid dienone is 2. The van der Waals surface area contributed by atoms with E-state index in [2.05, 4.69) is 0 Å². The highest BCUT2D eigenvalue weighted by atomic mass is 19.2. The number of esters is 3. The fourth-order valence-corrected chi connectivity index (χ4v) is 5.10. The first-order valence-electron chi connectivity index (χ1n) is 9.89. The van der Waals surface area contributed by atoms with Crippen LogP contribution in [0.5, 0.6) is 0 Å². The largest absolute Gasteiger partial charge is 0.462 e. The van der Waals surface area contributed by atoms with Gasteiger partial charge in [0.05, 0.1) is 17.8 Å². The monoisotopic (exact) mass is 398 g/mol. The second-order valence-electron chi connectivity index (χ2n) is 8.22. The van der Waals surface area contributed by atoms with Gasteiger partial charge in [-0.3, -0.25) is 14.4 Å². The number of carbonyl (C=O) groups excluding carboxylic acids is 3. The van der Waals surface area contributed by atoms with Gasteiger partial charge < -0.3 is 14.2 Å². The van der Waals surface area contributed by atoms with Crippen molar-refractivity contribution < 1.29 is 37.4 Å². The van der Waals surface area contributed by atoms with Crippen molar-refractivity contribution in [3.63, 3.8) is 0 Å². The van der Waals surface area contributed by atoms with E-state index in [0.29, 0.717) is 19.3 Å². The molecule has 4 rings (SSSR count). The lowest BCUT2D eigenvalue weighted by Crippen LogP contribution is -2.44. The fraction of sp³-hybridized carbons (Fsp3) is 0.750. The third kappa shape index (κ3) is 3.20. The number of alkyl halides is 2. The third-order valence-corrected chi connectivity index (χ3v) is 6.56. The highest BCUT2D eigenvalue weighted by Gasteiger charge is 2.70. The molecule has 2 bridgehead atoms. The molecule has 6 nitrogen and oxygen atoms in total. The molecule has 0 aromatic heterocycles. The Kier molecular flexibility index (Phi) is 5.14. The summed E-state index contributed by atoms with van der Waals surface area (Å²) < 4.78 is 42.5. The van der Waals surface area contributed by atoms with E-state index in [9.17, 15) is 23.2 Å². The number of fused-ring (bicyclic) bond motifs is 1. The SMILES string of the molecule is CC(F)C(F)COC(=O)C1C2CC3C(OC(=O)C31)C2OC(=O)C1CC=CCC1. The number of carbonyl (C=O) groups is 3. The lowest BCUT2D eigenvalue weighted by Gasteiger charge is -2.31.